The van der Waals surface area contributed by atoms with Crippen LogP contribution in [0.15, 0.2) is 36.7 Å². The molecular formula is C15H20ClN3O2. The summed E-state index contributed by atoms with van der Waals surface area (Å²) < 4.78 is 1.78. The second kappa shape index (κ2) is 7.45. The fourth-order valence-corrected chi connectivity index (χ4v) is 2.32. The summed E-state index contributed by atoms with van der Waals surface area (Å²) in [4.78, 5) is 2.13. The fourth-order valence-electron chi connectivity index (χ4n) is 2.17. The van der Waals surface area contributed by atoms with Crippen molar-refractivity contribution in [2.24, 2.45) is 0 Å². The molecule has 114 valence electrons. The Balaban J connectivity index is 1.89. The lowest BCUT2D eigenvalue weighted by Crippen LogP contribution is -2.31. The number of benzene rings is 1. The van der Waals surface area contributed by atoms with E-state index >= 15 is 0 Å². The molecule has 2 N–H and O–H groups in total. The smallest absolute Gasteiger partial charge is 0.115 e. The van der Waals surface area contributed by atoms with Gasteiger partial charge in [-0.25, -0.2) is 0 Å². The van der Waals surface area contributed by atoms with Gasteiger partial charge >= 0.3 is 0 Å². The summed E-state index contributed by atoms with van der Waals surface area (Å²) in [6.07, 6.45) is 2.76. The van der Waals surface area contributed by atoms with Crippen LogP contribution in [0.5, 0.6) is 5.75 Å². The zero-order valence-electron chi connectivity index (χ0n) is 12.0. The van der Waals surface area contributed by atoms with E-state index in [1.807, 2.05) is 13.0 Å². The average molecular weight is 310 g/mol. The summed E-state index contributed by atoms with van der Waals surface area (Å²) in [5.41, 5.74) is 0.718. The average Bonchev–Trinajstić information content (AvgIpc) is 2.89. The first-order valence-electron chi connectivity index (χ1n) is 6.95. The van der Waals surface area contributed by atoms with Gasteiger partial charge in [0.05, 0.1) is 23.9 Å². The lowest BCUT2D eigenvalue weighted by molar-refractivity contribution is 0.113. The quantitative estimate of drug-likeness (QED) is 0.824. The van der Waals surface area contributed by atoms with Crippen molar-refractivity contribution in [2.75, 3.05) is 19.6 Å². The van der Waals surface area contributed by atoms with Gasteiger partial charge in [0.25, 0.3) is 0 Å². The zero-order chi connectivity index (χ0) is 15.2. The molecule has 2 rings (SSSR count). The Kier molecular flexibility index (Phi) is 5.61. The highest BCUT2D eigenvalue weighted by molar-refractivity contribution is 6.30. The van der Waals surface area contributed by atoms with Crippen LogP contribution in [0.2, 0.25) is 5.02 Å². The van der Waals surface area contributed by atoms with Crippen molar-refractivity contribution < 1.29 is 10.2 Å². The van der Waals surface area contributed by atoms with Gasteiger partial charge in [0.2, 0.25) is 0 Å². The highest BCUT2D eigenvalue weighted by atomic mass is 35.5. The Morgan fingerprint density at radius 2 is 2.24 bits per heavy atom. The van der Waals surface area contributed by atoms with Gasteiger partial charge in [0.1, 0.15) is 5.75 Å². The normalized spacial score (nSPS) is 12.8. The Hall–Kier alpha value is -1.56. The Morgan fingerprint density at radius 3 is 2.86 bits per heavy atom. The van der Waals surface area contributed by atoms with E-state index in [0.717, 1.165) is 18.7 Å². The number of aliphatic hydroxyl groups excluding tert-OH is 1. The van der Waals surface area contributed by atoms with Crippen LogP contribution in [0.25, 0.3) is 0 Å². The highest BCUT2D eigenvalue weighted by Crippen LogP contribution is 2.19. The largest absolute Gasteiger partial charge is 0.508 e. The molecule has 1 aromatic heterocycles. The van der Waals surface area contributed by atoms with Gasteiger partial charge < -0.3 is 10.2 Å². The molecule has 0 radical (unpaired) electrons. The maximum absolute atomic E-state index is 10.3. The molecule has 1 heterocycles. The van der Waals surface area contributed by atoms with Crippen LogP contribution in [-0.4, -0.2) is 44.5 Å². The standard InChI is InChI=1S/C15H20ClN3O2/c1-2-18(6-7-19-10-13(16)9-17-19)11-15(21)12-4-3-5-14(20)8-12/h3-5,8-10,15,20-21H,2,6-7,11H2,1H3/t15-/m0/s1. The van der Waals surface area contributed by atoms with Crippen LogP contribution in [0.1, 0.15) is 18.6 Å². The van der Waals surface area contributed by atoms with Crippen LogP contribution in [0.3, 0.4) is 0 Å². The van der Waals surface area contributed by atoms with Crippen molar-refractivity contribution in [1.82, 2.24) is 14.7 Å². The molecule has 0 saturated carbocycles. The SMILES string of the molecule is CCN(CCn1cc(Cl)cn1)C[C@H](O)c1cccc(O)c1. The van der Waals surface area contributed by atoms with E-state index in [1.54, 1.807) is 35.3 Å². The molecule has 0 saturated heterocycles. The van der Waals surface area contributed by atoms with Crippen molar-refractivity contribution >= 4 is 11.6 Å². The predicted octanol–water partition coefficient (Wildman–Crippen LogP) is 2.30. The molecule has 0 fully saturated rings. The first kappa shape index (κ1) is 15.8. The fraction of sp³-hybridized carbons (Fsp3) is 0.400. The Morgan fingerprint density at radius 1 is 1.43 bits per heavy atom. The van der Waals surface area contributed by atoms with E-state index in [4.69, 9.17) is 11.6 Å². The molecule has 0 unspecified atom stereocenters. The number of hydrogen-bond acceptors (Lipinski definition) is 4. The molecule has 21 heavy (non-hydrogen) atoms. The lowest BCUT2D eigenvalue weighted by atomic mass is 10.1. The molecule has 0 amide bonds. The van der Waals surface area contributed by atoms with Crippen LogP contribution in [-0.2, 0) is 6.54 Å². The van der Waals surface area contributed by atoms with Gasteiger partial charge in [-0.05, 0) is 24.2 Å². The van der Waals surface area contributed by atoms with Crippen molar-refractivity contribution in [1.29, 1.82) is 0 Å². The lowest BCUT2D eigenvalue weighted by Gasteiger charge is -2.23. The number of nitrogens with zero attached hydrogens (tertiary/aromatic N) is 3. The minimum Gasteiger partial charge on any atom is -0.508 e. The summed E-state index contributed by atoms with van der Waals surface area (Å²) in [5, 5.41) is 24.5. The number of aliphatic hydroxyl groups is 1. The molecule has 0 aliphatic heterocycles. The van der Waals surface area contributed by atoms with Crippen molar-refractivity contribution in [3.63, 3.8) is 0 Å². The van der Waals surface area contributed by atoms with Crippen LogP contribution in [0, 0.1) is 0 Å². The molecule has 0 spiro atoms. The van der Waals surface area contributed by atoms with E-state index in [2.05, 4.69) is 10.00 Å². The summed E-state index contributed by atoms with van der Waals surface area (Å²) in [7, 11) is 0. The predicted molar refractivity (Wildman–Crippen MR) is 82.4 cm³/mol. The number of aromatic hydroxyl groups is 1. The summed E-state index contributed by atoms with van der Waals surface area (Å²) in [6.45, 7) is 4.86. The van der Waals surface area contributed by atoms with Crippen molar-refractivity contribution in [3.05, 3.63) is 47.2 Å². The van der Waals surface area contributed by atoms with E-state index < -0.39 is 6.10 Å². The van der Waals surface area contributed by atoms with Crippen molar-refractivity contribution in [2.45, 2.75) is 19.6 Å². The Labute approximate surface area is 129 Å². The minimum absolute atomic E-state index is 0.167. The number of hydrogen-bond donors (Lipinski definition) is 2. The zero-order valence-corrected chi connectivity index (χ0v) is 12.7. The molecule has 1 aromatic carbocycles. The van der Waals surface area contributed by atoms with Crippen molar-refractivity contribution in [3.8, 4) is 5.75 Å². The monoisotopic (exact) mass is 309 g/mol. The second-order valence-corrected chi connectivity index (χ2v) is 5.36. The number of rotatable bonds is 7. The summed E-state index contributed by atoms with van der Waals surface area (Å²) >= 11 is 5.83. The molecule has 6 heteroatoms. The Bertz CT molecular complexity index is 574. The molecule has 5 nitrogen and oxygen atoms in total. The van der Waals surface area contributed by atoms with Gasteiger partial charge in [-0.2, -0.15) is 5.10 Å². The summed E-state index contributed by atoms with van der Waals surface area (Å²) in [6, 6.07) is 6.72. The molecule has 2 aromatic rings. The first-order valence-corrected chi connectivity index (χ1v) is 7.33. The van der Waals surface area contributed by atoms with E-state index in [1.165, 1.54) is 0 Å². The van der Waals surface area contributed by atoms with Gasteiger partial charge in [-0.15, -0.1) is 0 Å². The number of aromatic nitrogens is 2. The van der Waals surface area contributed by atoms with Gasteiger partial charge in [-0.1, -0.05) is 30.7 Å². The number of halogens is 1. The molecule has 0 aliphatic carbocycles. The second-order valence-electron chi connectivity index (χ2n) is 4.93. The number of likely N-dealkylation sites (N-methyl/N-ethyl adjacent to an activating group) is 1. The van der Waals surface area contributed by atoms with Crippen LogP contribution < -0.4 is 0 Å². The first-order chi connectivity index (χ1) is 10.1. The van der Waals surface area contributed by atoms with E-state index in [-0.39, 0.29) is 5.75 Å². The third kappa shape index (κ3) is 4.74. The third-order valence-electron chi connectivity index (χ3n) is 3.38. The van der Waals surface area contributed by atoms with Crippen LogP contribution >= 0.6 is 11.6 Å². The topological polar surface area (TPSA) is 61.5 Å². The van der Waals surface area contributed by atoms with E-state index in [9.17, 15) is 10.2 Å². The number of phenols is 1. The highest BCUT2D eigenvalue weighted by Gasteiger charge is 2.13. The molecule has 0 aliphatic rings. The maximum Gasteiger partial charge on any atom is 0.115 e. The minimum atomic E-state index is -0.627. The van der Waals surface area contributed by atoms with Gasteiger partial charge in [0, 0.05) is 19.3 Å². The summed E-state index contributed by atoms with van der Waals surface area (Å²) in [5.74, 6) is 0.167. The van der Waals surface area contributed by atoms with Gasteiger partial charge in [-0.3, -0.25) is 9.58 Å². The third-order valence-corrected chi connectivity index (χ3v) is 3.58. The molecule has 0 bridgehead atoms. The van der Waals surface area contributed by atoms with E-state index in [0.29, 0.717) is 18.1 Å². The molecular weight excluding hydrogens is 290 g/mol. The van der Waals surface area contributed by atoms with Gasteiger partial charge in [0.15, 0.2) is 0 Å². The number of phenolic OH excluding ortho intramolecular Hbond substituents is 1. The maximum atomic E-state index is 10.3. The molecule has 1 atom stereocenters. The van der Waals surface area contributed by atoms with Crippen LogP contribution in [0.4, 0.5) is 0 Å².